The molecule has 2 fully saturated rings. The van der Waals surface area contributed by atoms with E-state index in [1.54, 1.807) is 7.11 Å². The molecule has 0 heterocycles. The van der Waals surface area contributed by atoms with Gasteiger partial charge in [-0.15, -0.1) is 0 Å². The van der Waals surface area contributed by atoms with Crippen LogP contribution in [0.4, 0.5) is 0 Å². The lowest BCUT2D eigenvalue weighted by atomic mass is 9.89. The Bertz CT molecular complexity index is 392. The molecule has 0 amide bonds. The van der Waals surface area contributed by atoms with Crippen LogP contribution in [0.15, 0.2) is 24.3 Å². The predicted octanol–water partition coefficient (Wildman–Crippen LogP) is 3.24. The molecular weight excluding hydrogens is 184 g/mol. The third-order valence-corrected chi connectivity index (χ3v) is 4.68. The Labute approximate surface area is 91.5 Å². The topological polar surface area (TPSA) is 9.23 Å². The van der Waals surface area contributed by atoms with Crippen molar-refractivity contribution in [1.29, 1.82) is 0 Å². The van der Waals surface area contributed by atoms with E-state index >= 15 is 0 Å². The molecule has 4 atom stereocenters. The Morgan fingerprint density at radius 1 is 1.40 bits per heavy atom. The summed E-state index contributed by atoms with van der Waals surface area (Å²) in [5, 5.41) is 0. The molecule has 0 radical (unpaired) electrons. The smallest absolute Gasteiger partial charge is 0.119 e. The highest BCUT2D eigenvalue weighted by Gasteiger charge is 2.83. The molecule has 0 N–H and O–H groups in total. The fourth-order valence-electron chi connectivity index (χ4n) is 3.85. The van der Waals surface area contributed by atoms with Crippen molar-refractivity contribution in [2.45, 2.75) is 25.7 Å². The highest BCUT2D eigenvalue weighted by Crippen LogP contribution is 2.84. The highest BCUT2D eigenvalue weighted by atomic mass is 16.5. The van der Waals surface area contributed by atoms with Crippen molar-refractivity contribution in [3.05, 3.63) is 29.8 Å². The maximum Gasteiger partial charge on any atom is 0.119 e. The van der Waals surface area contributed by atoms with Gasteiger partial charge < -0.3 is 4.74 Å². The van der Waals surface area contributed by atoms with Crippen molar-refractivity contribution in [3.8, 4) is 5.75 Å². The Hall–Kier alpha value is -0.980. The molecule has 15 heavy (non-hydrogen) atoms. The van der Waals surface area contributed by atoms with E-state index in [-0.39, 0.29) is 0 Å². The van der Waals surface area contributed by atoms with Gasteiger partial charge in [-0.25, -0.2) is 0 Å². The molecule has 80 valence electrons. The second-order valence-electron chi connectivity index (χ2n) is 4.99. The minimum Gasteiger partial charge on any atom is -0.497 e. The summed E-state index contributed by atoms with van der Waals surface area (Å²) in [6.45, 7) is 4.70. The van der Waals surface area contributed by atoms with Crippen molar-refractivity contribution in [2.24, 2.45) is 17.8 Å². The first kappa shape index (κ1) is 9.26. The normalized spacial score (nSPS) is 40.9. The SMILES string of the molecule is CC[C@@H]1C2C(C)C21c1cccc(OC)c1. The highest BCUT2D eigenvalue weighted by molar-refractivity contribution is 5.51. The minimum atomic E-state index is 0.545. The first-order valence-corrected chi connectivity index (χ1v) is 5.91. The van der Waals surface area contributed by atoms with Gasteiger partial charge in [-0.1, -0.05) is 32.4 Å². The van der Waals surface area contributed by atoms with Gasteiger partial charge in [-0.05, 0) is 35.4 Å². The van der Waals surface area contributed by atoms with Crippen LogP contribution in [0.3, 0.4) is 0 Å². The van der Waals surface area contributed by atoms with E-state index < -0.39 is 0 Å². The Kier molecular flexibility index (Phi) is 1.72. The first-order chi connectivity index (χ1) is 7.26. The lowest BCUT2D eigenvalue weighted by Gasteiger charge is -2.16. The van der Waals surface area contributed by atoms with Crippen LogP contribution in [0.5, 0.6) is 5.75 Å². The van der Waals surface area contributed by atoms with E-state index in [2.05, 4.69) is 32.0 Å². The summed E-state index contributed by atoms with van der Waals surface area (Å²) in [5.41, 5.74) is 2.05. The van der Waals surface area contributed by atoms with E-state index in [1.807, 2.05) is 6.07 Å². The van der Waals surface area contributed by atoms with Crippen LogP contribution < -0.4 is 4.74 Å². The molecule has 1 aromatic carbocycles. The first-order valence-electron chi connectivity index (χ1n) is 5.91. The average molecular weight is 202 g/mol. The molecule has 3 rings (SSSR count). The molecule has 2 aliphatic carbocycles. The van der Waals surface area contributed by atoms with Crippen molar-refractivity contribution in [2.75, 3.05) is 7.11 Å². The summed E-state index contributed by atoms with van der Waals surface area (Å²) in [4.78, 5) is 0. The summed E-state index contributed by atoms with van der Waals surface area (Å²) in [6, 6.07) is 8.66. The van der Waals surface area contributed by atoms with Crippen molar-refractivity contribution >= 4 is 0 Å². The van der Waals surface area contributed by atoms with Gasteiger partial charge in [-0.3, -0.25) is 0 Å². The monoisotopic (exact) mass is 202 g/mol. The third kappa shape index (κ3) is 0.940. The quantitative estimate of drug-likeness (QED) is 0.731. The van der Waals surface area contributed by atoms with Gasteiger partial charge in [0.05, 0.1) is 7.11 Å². The average Bonchev–Trinajstić information content (AvgIpc) is 3.14. The predicted molar refractivity (Wildman–Crippen MR) is 61.1 cm³/mol. The van der Waals surface area contributed by atoms with Crippen LogP contribution in [0.1, 0.15) is 25.8 Å². The van der Waals surface area contributed by atoms with Crippen LogP contribution in [0.25, 0.3) is 0 Å². The number of methoxy groups -OCH3 is 1. The van der Waals surface area contributed by atoms with Crippen LogP contribution in [0.2, 0.25) is 0 Å². The largest absolute Gasteiger partial charge is 0.497 e. The Morgan fingerprint density at radius 2 is 2.20 bits per heavy atom. The molecular formula is C14H18O. The minimum absolute atomic E-state index is 0.545. The molecule has 0 aromatic heterocycles. The van der Waals surface area contributed by atoms with E-state index in [0.29, 0.717) is 5.41 Å². The maximum absolute atomic E-state index is 5.30. The van der Waals surface area contributed by atoms with Gasteiger partial charge >= 0.3 is 0 Å². The van der Waals surface area contributed by atoms with Gasteiger partial charge in [-0.2, -0.15) is 0 Å². The molecule has 0 saturated heterocycles. The molecule has 2 aliphatic rings. The van der Waals surface area contributed by atoms with E-state index in [1.165, 1.54) is 12.0 Å². The van der Waals surface area contributed by atoms with Gasteiger partial charge in [0.1, 0.15) is 5.75 Å². The molecule has 3 unspecified atom stereocenters. The van der Waals surface area contributed by atoms with Crippen LogP contribution in [0, 0.1) is 17.8 Å². The summed E-state index contributed by atoms with van der Waals surface area (Å²) in [5.74, 6) is 3.81. The number of hydrogen-bond donors (Lipinski definition) is 0. The second kappa shape index (κ2) is 2.78. The fraction of sp³-hybridized carbons (Fsp3) is 0.571. The number of ether oxygens (including phenoxy) is 1. The molecule has 1 nitrogen and oxygen atoms in total. The standard InChI is InChI=1S/C14H18O/c1-4-12-13-9(2)14(12,13)10-6-5-7-11(8-10)15-3/h5-9,12-13H,4H2,1-3H3/t9?,12-,13?,14?/m1/s1. The number of hydrogen-bond acceptors (Lipinski definition) is 1. The van der Waals surface area contributed by atoms with Crippen LogP contribution in [-0.4, -0.2) is 7.11 Å². The van der Waals surface area contributed by atoms with Gasteiger partial charge in [0, 0.05) is 5.41 Å². The van der Waals surface area contributed by atoms with Crippen molar-refractivity contribution < 1.29 is 4.74 Å². The van der Waals surface area contributed by atoms with Gasteiger partial charge in [0.2, 0.25) is 0 Å². The van der Waals surface area contributed by atoms with Gasteiger partial charge in [0.25, 0.3) is 0 Å². The summed E-state index contributed by atoms with van der Waals surface area (Å²) < 4.78 is 5.30. The molecule has 1 aromatic rings. The fourth-order valence-corrected chi connectivity index (χ4v) is 3.85. The summed E-state index contributed by atoms with van der Waals surface area (Å²) in [7, 11) is 1.74. The van der Waals surface area contributed by atoms with Crippen molar-refractivity contribution in [3.63, 3.8) is 0 Å². The molecule has 0 bridgehead atoms. The lowest BCUT2D eigenvalue weighted by Crippen LogP contribution is -2.10. The van der Waals surface area contributed by atoms with Crippen LogP contribution in [-0.2, 0) is 5.41 Å². The van der Waals surface area contributed by atoms with Gasteiger partial charge in [0.15, 0.2) is 0 Å². The zero-order valence-corrected chi connectivity index (χ0v) is 9.66. The zero-order valence-electron chi connectivity index (χ0n) is 9.66. The maximum atomic E-state index is 5.30. The molecule has 2 saturated carbocycles. The lowest BCUT2D eigenvalue weighted by molar-refractivity contribution is 0.411. The molecule has 1 heteroatoms. The van der Waals surface area contributed by atoms with E-state index in [4.69, 9.17) is 4.74 Å². The number of fused-ring (bicyclic) bond motifs is 1. The Morgan fingerprint density at radius 3 is 2.73 bits per heavy atom. The second-order valence-corrected chi connectivity index (χ2v) is 4.99. The van der Waals surface area contributed by atoms with Crippen LogP contribution >= 0.6 is 0 Å². The Balaban J connectivity index is 1.94. The zero-order chi connectivity index (χ0) is 10.6. The van der Waals surface area contributed by atoms with E-state index in [9.17, 15) is 0 Å². The summed E-state index contributed by atoms with van der Waals surface area (Å²) in [6.07, 6.45) is 1.33. The van der Waals surface area contributed by atoms with Crippen molar-refractivity contribution in [1.82, 2.24) is 0 Å². The molecule has 0 spiro atoms. The summed E-state index contributed by atoms with van der Waals surface area (Å²) >= 11 is 0. The van der Waals surface area contributed by atoms with E-state index in [0.717, 1.165) is 23.5 Å². The third-order valence-electron chi connectivity index (χ3n) is 4.68. The number of benzene rings is 1. The molecule has 0 aliphatic heterocycles. The number of rotatable bonds is 3.